The maximum atomic E-state index is 14.0. The fourth-order valence-electron chi connectivity index (χ4n) is 2.61. The lowest BCUT2D eigenvalue weighted by atomic mass is 10.0. The van der Waals surface area contributed by atoms with Crippen molar-refractivity contribution < 1.29 is 13.9 Å². The average molecular weight is 364 g/mol. The summed E-state index contributed by atoms with van der Waals surface area (Å²) in [5.41, 5.74) is 1.28. The van der Waals surface area contributed by atoms with Crippen LogP contribution in [0.4, 0.5) is 10.1 Å². The van der Waals surface area contributed by atoms with Crippen LogP contribution in [0.2, 0.25) is 0 Å². The zero-order valence-electron chi connectivity index (χ0n) is 11.9. The monoisotopic (exact) mass is 363 g/mol. The highest BCUT2D eigenvalue weighted by atomic mass is 79.9. The van der Waals surface area contributed by atoms with Crippen molar-refractivity contribution in [2.75, 3.05) is 18.1 Å². The van der Waals surface area contributed by atoms with Gasteiger partial charge in [-0.15, -0.1) is 0 Å². The van der Waals surface area contributed by atoms with Crippen molar-refractivity contribution in [1.82, 2.24) is 0 Å². The largest absolute Gasteiger partial charge is 0.484 e. The van der Waals surface area contributed by atoms with Gasteiger partial charge in [0.1, 0.15) is 11.6 Å². The van der Waals surface area contributed by atoms with Gasteiger partial charge in [0.05, 0.1) is 5.69 Å². The Morgan fingerprint density at radius 2 is 2.00 bits per heavy atom. The van der Waals surface area contributed by atoms with Crippen LogP contribution < -0.4 is 9.64 Å². The lowest BCUT2D eigenvalue weighted by Crippen LogP contribution is -2.39. The van der Waals surface area contributed by atoms with Gasteiger partial charge in [0, 0.05) is 11.0 Å². The second kappa shape index (κ2) is 6.48. The van der Waals surface area contributed by atoms with E-state index >= 15 is 0 Å². The molecule has 5 heteroatoms. The fraction of sp³-hybridized carbons (Fsp3) is 0.235. The number of ether oxygens (including phenoxy) is 1. The van der Waals surface area contributed by atoms with Gasteiger partial charge in [-0.3, -0.25) is 4.79 Å². The minimum atomic E-state index is -0.353. The number of rotatable bonds is 3. The third kappa shape index (κ3) is 3.14. The quantitative estimate of drug-likeness (QED) is 0.826. The number of amides is 1. The molecule has 1 aliphatic rings. The van der Waals surface area contributed by atoms with E-state index in [4.69, 9.17) is 4.74 Å². The molecule has 0 bridgehead atoms. The molecule has 0 aromatic heterocycles. The van der Waals surface area contributed by atoms with Crippen LogP contribution in [0.15, 0.2) is 46.9 Å². The molecule has 22 heavy (non-hydrogen) atoms. The summed E-state index contributed by atoms with van der Waals surface area (Å²) in [5.74, 6) is 0.0328. The van der Waals surface area contributed by atoms with Crippen molar-refractivity contribution in [3.05, 3.63) is 58.3 Å². The van der Waals surface area contributed by atoms with Gasteiger partial charge in [-0.25, -0.2) is 4.39 Å². The standard InChI is InChI=1S/C17H15BrFNO2/c18-13-6-8-14(9-7-13)22-11-16(21)20-10-2-4-12-3-1-5-15(19)17(12)20/h1,3,5-9H,2,4,10-11H2. The van der Waals surface area contributed by atoms with Crippen LogP contribution in [0.5, 0.6) is 5.75 Å². The molecular weight excluding hydrogens is 349 g/mol. The first-order chi connectivity index (χ1) is 10.6. The Balaban J connectivity index is 1.72. The van der Waals surface area contributed by atoms with Crippen LogP contribution in [0.1, 0.15) is 12.0 Å². The molecule has 0 aliphatic carbocycles. The summed E-state index contributed by atoms with van der Waals surface area (Å²) < 4.78 is 20.5. The van der Waals surface area contributed by atoms with Gasteiger partial charge in [0.25, 0.3) is 5.91 Å². The van der Waals surface area contributed by atoms with Crippen LogP contribution in [-0.2, 0) is 11.2 Å². The molecule has 0 radical (unpaired) electrons. The summed E-state index contributed by atoms with van der Waals surface area (Å²) in [7, 11) is 0. The summed E-state index contributed by atoms with van der Waals surface area (Å²) in [5, 5.41) is 0. The predicted molar refractivity (Wildman–Crippen MR) is 86.7 cm³/mol. The minimum Gasteiger partial charge on any atom is -0.484 e. The molecule has 1 aliphatic heterocycles. The second-order valence-electron chi connectivity index (χ2n) is 5.14. The topological polar surface area (TPSA) is 29.5 Å². The molecule has 0 fully saturated rings. The van der Waals surface area contributed by atoms with E-state index in [1.165, 1.54) is 11.0 Å². The van der Waals surface area contributed by atoms with E-state index in [1.807, 2.05) is 18.2 Å². The van der Waals surface area contributed by atoms with E-state index in [-0.39, 0.29) is 18.3 Å². The normalized spacial score (nSPS) is 13.6. The summed E-state index contributed by atoms with van der Waals surface area (Å²) in [4.78, 5) is 13.9. The van der Waals surface area contributed by atoms with Gasteiger partial charge in [0.15, 0.2) is 6.61 Å². The van der Waals surface area contributed by atoms with E-state index in [9.17, 15) is 9.18 Å². The molecule has 0 N–H and O–H groups in total. The number of anilines is 1. The Hall–Kier alpha value is -1.88. The molecule has 3 nitrogen and oxygen atoms in total. The number of fused-ring (bicyclic) bond motifs is 1. The first-order valence-corrected chi connectivity index (χ1v) is 7.90. The fourth-order valence-corrected chi connectivity index (χ4v) is 2.87. The third-order valence-corrected chi connectivity index (χ3v) is 4.17. The van der Waals surface area contributed by atoms with E-state index in [2.05, 4.69) is 15.9 Å². The van der Waals surface area contributed by atoms with Gasteiger partial charge in [0.2, 0.25) is 0 Å². The number of aryl methyl sites for hydroxylation is 1. The van der Waals surface area contributed by atoms with E-state index < -0.39 is 0 Å². The summed E-state index contributed by atoms with van der Waals surface area (Å²) in [6, 6.07) is 12.2. The Morgan fingerprint density at radius 1 is 1.23 bits per heavy atom. The highest BCUT2D eigenvalue weighted by molar-refractivity contribution is 9.10. The highest BCUT2D eigenvalue weighted by Gasteiger charge is 2.25. The molecular formula is C17H15BrFNO2. The molecule has 0 spiro atoms. The van der Waals surface area contributed by atoms with E-state index in [0.29, 0.717) is 18.0 Å². The smallest absolute Gasteiger partial charge is 0.265 e. The summed E-state index contributed by atoms with van der Waals surface area (Å²) in [6.07, 6.45) is 1.63. The van der Waals surface area contributed by atoms with Crippen molar-refractivity contribution in [3.8, 4) is 5.75 Å². The SMILES string of the molecule is O=C(COc1ccc(Br)cc1)N1CCCc2cccc(F)c21. The van der Waals surface area contributed by atoms with Crippen molar-refractivity contribution in [2.45, 2.75) is 12.8 Å². The summed E-state index contributed by atoms with van der Waals surface area (Å²) >= 11 is 3.34. The number of carbonyl (C=O) groups excluding carboxylic acids is 1. The zero-order chi connectivity index (χ0) is 15.5. The number of para-hydroxylation sites is 1. The maximum Gasteiger partial charge on any atom is 0.265 e. The van der Waals surface area contributed by atoms with Crippen molar-refractivity contribution >= 4 is 27.5 Å². The molecule has 0 saturated heterocycles. The van der Waals surface area contributed by atoms with Crippen LogP contribution in [0.3, 0.4) is 0 Å². The minimum absolute atomic E-state index is 0.102. The Morgan fingerprint density at radius 3 is 2.77 bits per heavy atom. The van der Waals surface area contributed by atoms with Gasteiger partial charge < -0.3 is 9.64 Å². The molecule has 0 unspecified atom stereocenters. The van der Waals surface area contributed by atoms with E-state index in [1.54, 1.807) is 18.2 Å². The zero-order valence-corrected chi connectivity index (χ0v) is 13.5. The molecule has 3 rings (SSSR count). The Bertz CT molecular complexity index is 688. The average Bonchev–Trinajstić information content (AvgIpc) is 2.54. The number of halogens is 2. The second-order valence-corrected chi connectivity index (χ2v) is 6.05. The van der Waals surface area contributed by atoms with Gasteiger partial charge in [-0.1, -0.05) is 28.1 Å². The molecule has 1 heterocycles. The summed E-state index contributed by atoms with van der Waals surface area (Å²) in [6.45, 7) is 0.422. The van der Waals surface area contributed by atoms with Crippen LogP contribution in [-0.4, -0.2) is 19.1 Å². The number of nitrogens with zero attached hydrogens (tertiary/aromatic N) is 1. The third-order valence-electron chi connectivity index (χ3n) is 3.65. The molecule has 0 saturated carbocycles. The van der Waals surface area contributed by atoms with Gasteiger partial charge in [-0.05, 0) is 48.7 Å². The molecule has 1 amide bonds. The maximum absolute atomic E-state index is 14.0. The van der Waals surface area contributed by atoms with Gasteiger partial charge in [-0.2, -0.15) is 0 Å². The van der Waals surface area contributed by atoms with Crippen molar-refractivity contribution in [2.24, 2.45) is 0 Å². The first kappa shape index (κ1) is 15.0. The molecule has 2 aromatic rings. The number of hydrogen-bond donors (Lipinski definition) is 0. The van der Waals surface area contributed by atoms with Gasteiger partial charge >= 0.3 is 0 Å². The van der Waals surface area contributed by atoms with Crippen LogP contribution >= 0.6 is 15.9 Å². The Kier molecular flexibility index (Phi) is 4.43. The van der Waals surface area contributed by atoms with E-state index in [0.717, 1.165) is 22.9 Å². The van der Waals surface area contributed by atoms with Crippen molar-refractivity contribution in [1.29, 1.82) is 0 Å². The number of benzene rings is 2. The van der Waals surface area contributed by atoms with Crippen LogP contribution in [0.25, 0.3) is 0 Å². The van der Waals surface area contributed by atoms with Crippen molar-refractivity contribution in [3.63, 3.8) is 0 Å². The molecule has 0 atom stereocenters. The highest BCUT2D eigenvalue weighted by Crippen LogP contribution is 2.30. The lowest BCUT2D eigenvalue weighted by Gasteiger charge is -2.29. The number of carbonyl (C=O) groups is 1. The molecule has 114 valence electrons. The van der Waals surface area contributed by atoms with Crippen LogP contribution in [0, 0.1) is 5.82 Å². The predicted octanol–water partition coefficient (Wildman–Crippen LogP) is 3.95. The molecule has 2 aromatic carbocycles. The first-order valence-electron chi connectivity index (χ1n) is 7.11. The number of hydrogen-bond acceptors (Lipinski definition) is 2. The Labute approximate surface area is 136 Å². The lowest BCUT2D eigenvalue weighted by molar-refractivity contribution is -0.120.